The van der Waals surface area contributed by atoms with Gasteiger partial charge in [-0.25, -0.2) is 4.79 Å². The fourth-order valence-corrected chi connectivity index (χ4v) is 3.21. The number of carbonyl (C=O) groups is 2. The smallest absolute Gasteiger partial charge is 0.414 e. The van der Waals surface area contributed by atoms with Gasteiger partial charge in [0.1, 0.15) is 6.61 Å². The summed E-state index contributed by atoms with van der Waals surface area (Å²) in [6.07, 6.45) is 2.55. The van der Waals surface area contributed by atoms with E-state index in [2.05, 4.69) is 0 Å². The maximum atomic E-state index is 12.4. The number of amides is 2. The molecule has 1 unspecified atom stereocenters. The molecule has 2 fully saturated rings. The first-order chi connectivity index (χ1) is 10.2. The Labute approximate surface area is 123 Å². The standard InChI is InChI=1S/C16H18N2O3/c19-15(11-5-6-11)17-8-7-13-10-21-16(20)18(13)14-4-2-1-3-12(14)9-17/h1-4,11,13H,5-10H2. The number of anilines is 1. The van der Waals surface area contributed by atoms with Crippen molar-refractivity contribution in [3.05, 3.63) is 29.8 Å². The molecule has 0 bridgehead atoms. The van der Waals surface area contributed by atoms with E-state index in [-0.39, 0.29) is 24.0 Å². The van der Waals surface area contributed by atoms with Crippen molar-refractivity contribution in [2.75, 3.05) is 18.1 Å². The van der Waals surface area contributed by atoms with Crippen molar-refractivity contribution in [3.8, 4) is 0 Å². The van der Waals surface area contributed by atoms with Crippen LogP contribution in [0.4, 0.5) is 10.5 Å². The Morgan fingerprint density at radius 2 is 2.00 bits per heavy atom. The zero-order chi connectivity index (χ0) is 14.4. The summed E-state index contributed by atoms with van der Waals surface area (Å²) in [4.78, 5) is 28.1. The highest BCUT2D eigenvalue weighted by Gasteiger charge is 2.39. The molecule has 2 amide bonds. The van der Waals surface area contributed by atoms with Gasteiger partial charge in [-0.3, -0.25) is 9.69 Å². The molecular formula is C16H18N2O3. The third kappa shape index (κ3) is 2.17. The van der Waals surface area contributed by atoms with Crippen LogP contribution in [0.3, 0.4) is 0 Å². The van der Waals surface area contributed by atoms with Crippen LogP contribution in [0.25, 0.3) is 0 Å². The summed E-state index contributed by atoms with van der Waals surface area (Å²) in [6, 6.07) is 7.86. The summed E-state index contributed by atoms with van der Waals surface area (Å²) in [5.41, 5.74) is 1.91. The van der Waals surface area contributed by atoms with Crippen LogP contribution in [0, 0.1) is 5.92 Å². The van der Waals surface area contributed by atoms with Gasteiger partial charge in [-0.2, -0.15) is 0 Å². The quantitative estimate of drug-likeness (QED) is 0.795. The second-order valence-electron chi connectivity index (χ2n) is 6.05. The highest BCUT2D eigenvalue weighted by molar-refractivity contribution is 5.91. The van der Waals surface area contributed by atoms with Crippen molar-refractivity contribution in [2.45, 2.75) is 31.8 Å². The summed E-state index contributed by atoms with van der Waals surface area (Å²) in [5, 5.41) is 0. The van der Waals surface area contributed by atoms with E-state index >= 15 is 0 Å². The largest absolute Gasteiger partial charge is 0.447 e. The first-order valence-corrected chi connectivity index (χ1v) is 7.57. The molecule has 3 aliphatic rings. The van der Waals surface area contributed by atoms with Gasteiger partial charge in [-0.05, 0) is 30.9 Å². The maximum Gasteiger partial charge on any atom is 0.414 e. The Morgan fingerprint density at radius 1 is 1.19 bits per heavy atom. The highest BCUT2D eigenvalue weighted by atomic mass is 16.6. The maximum absolute atomic E-state index is 12.4. The molecule has 1 aromatic rings. The molecule has 2 heterocycles. The van der Waals surface area contributed by atoms with E-state index in [1.807, 2.05) is 29.2 Å². The lowest BCUT2D eigenvalue weighted by molar-refractivity contribution is -0.133. The van der Waals surface area contributed by atoms with Crippen molar-refractivity contribution in [2.24, 2.45) is 5.92 Å². The topological polar surface area (TPSA) is 49.9 Å². The van der Waals surface area contributed by atoms with Gasteiger partial charge in [0.15, 0.2) is 0 Å². The fourth-order valence-electron chi connectivity index (χ4n) is 3.21. The lowest BCUT2D eigenvalue weighted by atomic mass is 10.0. The van der Waals surface area contributed by atoms with E-state index in [0.717, 1.165) is 30.5 Å². The van der Waals surface area contributed by atoms with Gasteiger partial charge in [0.05, 0.1) is 11.7 Å². The Hall–Kier alpha value is -2.04. The average Bonchev–Trinajstić information content (AvgIpc) is 3.25. The van der Waals surface area contributed by atoms with Gasteiger partial charge in [-0.1, -0.05) is 18.2 Å². The minimum atomic E-state index is -0.269. The van der Waals surface area contributed by atoms with E-state index in [1.54, 1.807) is 4.90 Å². The van der Waals surface area contributed by atoms with Crippen LogP contribution in [0.1, 0.15) is 24.8 Å². The van der Waals surface area contributed by atoms with Crippen LogP contribution in [-0.4, -0.2) is 36.1 Å². The molecule has 110 valence electrons. The molecule has 21 heavy (non-hydrogen) atoms. The number of rotatable bonds is 1. The van der Waals surface area contributed by atoms with Crippen molar-refractivity contribution >= 4 is 17.7 Å². The molecule has 5 heteroatoms. The Balaban J connectivity index is 1.70. The van der Waals surface area contributed by atoms with Crippen molar-refractivity contribution in [1.82, 2.24) is 4.90 Å². The van der Waals surface area contributed by atoms with Crippen LogP contribution in [0.5, 0.6) is 0 Å². The van der Waals surface area contributed by atoms with Crippen LogP contribution in [0.15, 0.2) is 24.3 Å². The molecule has 0 aromatic heterocycles. The minimum Gasteiger partial charge on any atom is -0.447 e. The van der Waals surface area contributed by atoms with E-state index < -0.39 is 0 Å². The van der Waals surface area contributed by atoms with Gasteiger partial charge >= 0.3 is 6.09 Å². The zero-order valence-corrected chi connectivity index (χ0v) is 11.8. The van der Waals surface area contributed by atoms with Crippen molar-refractivity contribution in [1.29, 1.82) is 0 Å². The number of fused-ring (bicyclic) bond motifs is 3. The third-order valence-electron chi connectivity index (χ3n) is 4.54. The molecule has 5 nitrogen and oxygen atoms in total. The highest BCUT2D eigenvalue weighted by Crippen LogP contribution is 2.35. The number of ether oxygens (including phenoxy) is 1. The molecule has 1 aromatic carbocycles. The average molecular weight is 286 g/mol. The number of cyclic esters (lactones) is 1. The van der Waals surface area contributed by atoms with E-state index in [0.29, 0.717) is 19.7 Å². The predicted molar refractivity (Wildman–Crippen MR) is 76.8 cm³/mol. The van der Waals surface area contributed by atoms with Crippen LogP contribution < -0.4 is 4.90 Å². The fraction of sp³-hybridized carbons (Fsp3) is 0.500. The normalized spacial score (nSPS) is 24.8. The van der Waals surface area contributed by atoms with Gasteiger partial charge in [0, 0.05) is 19.0 Å². The molecule has 1 aliphatic carbocycles. The van der Waals surface area contributed by atoms with Crippen molar-refractivity contribution in [3.63, 3.8) is 0 Å². The second-order valence-corrected chi connectivity index (χ2v) is 6.05. The Kier molecular flexibility index (Phi) is 2.87. The molecule has 1 atom stereocenters. The monoisotopic (exact) mass is 286 g/mol. The summed E-state index contributed by atoms with van der Waals surface area (Å²) < 4.78 is 5.21. The summed E-state index contributed by atoms with van der Waals surface area (Å²) in [7, 11) is 0. The zero-order valence-electron chi connectivity index (χ0n) is 11.8. The number of para-hydroxylation sites is 1. The lowest BCUT2D eigenvalue weighted by Gasteiger charge is -2.32. The molecule has 4 rings (SSSR count). The Bertz CT molecular complexity index is 597. The Morgan fingerprint density at radius 3 is 2.81 bits per heavy atom. The number of hydrogen-bond donors (Lipinski definition) is 0. The molecule has 2 aliphatic heterocycles. The van der Waals surface area contributed by atoms with Crippen LogP contribution in [0.2, 0.25) is 0 Å². The van der Waals surface area contributed by atoms with Crippen LogP contribution >= 0.6 is 0 Å². The lowest BCUT2D eigenvalue weighted by Crippen LogP contribution is -2.42. The molecule has 1 saturated carbocycles. The van der Waals surface area contributed by atoms with Gasteiger partial charge in [0.2, 0.25) is 5.91 Å². The van der Waals surface area contributed by atoms with E-state index in [9.17, 15) is 9.59 Å². The van der Waals surface area contributed by atoms with Gasteiger partial charge in [-0.15, -0.1) is 0 Å². The molecule has 1 saturated heterocycles. The first kappa shape index (κ1) is 12.7. The van der Waals surface area contributed by atoms with Crippen molar-refractivity contribution < 1.29 is 14.3 Å². The predicted octanol–water partition coefficient (Wildman–Crippen LogP) is 2.15. The number of nitrogens with zero attached hydrogens (tertiary/aromatic N) is 2. The molecule has 0 N–H and O–H groups in total. The first-order valence-electron chi connectivity index (χ1n) is 7.57. The van der Waals surface area contributed by atoms with E-state index in [4.69, 9.17) is 4.74 Å². The third-order valence-corrected chi connectivity index (χ3v) is 4.54. The van der Waals surface area contributed by atoms with Crippen LogP contribution in [-0.2, 0) is 16.1 Å². The number of hydrogen-bond acceptors (Lipinski definition) is 3. The number of benzene rings is 1. The second kappa shape index (κ2) is 4.76. The number of carbonyl (C=O) groups excluding carboxylic acids is 2. The SMILES string of the molecule is O=C(C1CC1)N1CCC2COC(=O)N2c2ccccc2C1. The minimum absolute atomic E-state index is 0.0356. The summed E-state index contributed by atoms with van der Waals surface area (Å²) >= 11 is 0. The summed E-state index contributed by atoms with van der Waals surface area (Å²) in [5.74, 6) is 0.498. The molecule has 0 spiro atoms. The van der Waals surface area contributed by atoms with Gasteiger partial charge < -0.3 is 9.64 Å². The molecule has 0 radical (unpaired) electrons. The van der Waals surface area contributed by atoms with E-state index in [1.165, 1.54) is 0 Å². The molecular weight excluding hydrogens is 268 g/mol. The summed E-state index contributed by atoms with van der Waals surface area (Å²) in [6.45, 7) is 1.70. The van der Waals surface area contributed by atoms with Gasteiger partial charge in [0.25, 0.3) is 0 Å².